The van der Waals surface area contributed by atoms with E-state index >= 15 is 0 Å². The fourth-order valence-electron chi connectivity index (χ4n) is 4.37. The maximum absolute atomic E-state index is 12.9. The number of amides is 2. The smallest absolute Gasteiger partial charge is 0.329 e. The fourth-order valence-corrected chi connectivity index (χ4v) is 5.45. The first-order valence-corrected chi connectivity index (χ1v) is 13.0. The van der Waals surface area contributed by atoms with Crippen LogP contribution in [-0.2, 0) is 19.6 Å². The van der Waals surface area contributed by atoms with E-state index < -0.39 is 27.9 Å². The minimum Gasteiger partial charge on any atom is -0.329 e. The Kier molecular flexibility index (Phi) is 7.78. The van der Waals surface area contributed by atoms with Gasteiger partial charge in [0, 0.05) is 19.0 Å². The Balaban J connectivity index is 1.50. The van der Waals surface area contributed by atoms with Crippen molar-refractivity contribution in [3.05, 3.63) is 102 Å². The van der Waals surface area contributed by atoms with E-state index in [2.05, 4.69) is 10.0 Å². The lowest BCUT2D eigenvalue weighted by Crippen LogP contribution is -2.58. The van der Waals surface area contributed by atoms with Gasteiger partial charge in [-0.3, -0.25) is 9.59 Å². The van der Waals surface area contributed by atoms with Crippen molar-refractivity contribution >= 4 is 21.8 Å². The van der Waals surface area contributed by atoms with E-state index in [0.29, 0.717) is 12.0 Å². The zero-order valence-electron chi connectivity index (χ0n) is 19.4. The molecule has 3 aromatic carbocycles. The third kappa shape index (κ3) is 5.62. The second kappa shape index (κ2) is 11.2. The molecule has 1 saturated heterocycles. The van der Waals surface area contributed by atoms with Crippen LogP contribution in [0.25, 0.3) is 0 Å². The lowest BCUT2D eigenvalue weighted by atomic mass is 9.83. The number of nitriles is 1. The molecule has 183 valence electrons. The summed E-state index contributed by atoms with van der Waals surface area (Å²) in [5.74, 6) is -1.68. The Morgan fingerprint density at radius 2 is 1.53 bits per heavy atom. The summed E-state index contributed by atoms with van der Waals surface area (Å²) in [6.07, 6.45) is 0.307. The third-order valence-electron chi connectivity index (χ3n) is 6.13. The van der Waals surface area contributed by atoms with Crippen LogP contribution < -0.4 is 10.0 Å². The van der Waals surface area contributed by atoms with Crippen LogP contribution >= 0.6 is 0 Å². The van der Waals surface area contributed by atoms with E-state index in [1.807, 2.05) is 66.7 Å². The van der Waals surface area contributed by atoms with E-state index in [1.54, 1.807) is 0 Å². The molecule has 1 fully saturated rings. The molecule has 1 heterocycles. The molecule has 36 heavy (non-hydrogen) atoms. The average Bonchev–Trinajstić information content (AvgIpc) is 2.91. The fraction of sp³-hybridized carbons (Fsp3) is 0.222. The summed E-state index contributed by atoms with van der Waals surface area (Å²) < 4.78 is 27.7. The maximum Gasteiger partial charge on any atom is 0.330 e. The second-order valence-electron chi connectivity index (χ2n) is 8.40. The Bertz CT molecular complexity index is 1310. The van der Waals surface area contributed by atoms with Crippen molar-refractivity contribution < 1.29 is 18.0 Å². The van der Waals surface area contributed by atoms with Crippen LogP contribution in [0, 0.1) is 11.3 Å². The highest BCUT2D eigenvalue weighted by atomic mass is 32.2. The summed E-state index contributed by atoms with van der Waals surface area (Å²) in [5, 5.41) is 12.9. The van der Waals surface area contributed by atoms with Crippen LogP contribution in [0.5, 0.6) is 0 Å². The molecular weight excluding hydrogens is 476 g/mol. The van der Waals surface area contributed by atoms with Gasteiger partial charge in [0.05, 0.1) is 29.1 Å². The molecule has 3 aromatic rings. The van der Waals surface area contributed by atoms with E-state index in [0.717, 1.165) is 11.1 Å². The summed E-state index contributed by atoms with van der Waals surface area (Å²) in [7, 11) is -3.78. The summed E-state index contributed by atoms with van der Waals surface area (Å²) in [4.78, 5) is 26.7. The molecule has 0 bridgehead atoms. The standard InChI is InChI=1S/C27H25N4O4S/c28-18-20-12-14-23(15-13-20)36(34,35)30-16-7-17-31-24(19-29-26(32)27(31)33)25(21-8-3-1-4-9-21)22-10-5-2-6-11-22/h1-6,8-15,24-25,30H,7,16-17,19H2. The molecule has 1 atom stereocenters. The molecule has 0 spiro atoms. The predicted molar refractivity (Wildman–Crippen MR) is 133 cm³/mol. The van der Waals surface area contributed by atoms with E-state index in [-0.39, 0.29) is 30.4 Å². The maximum atomic E-state index is 12.9. The number of piperazine rings is 1. The van der Waals surface area contributed by atoms with E-state index in [4.69, 9.17) is 5.26 Å². The topological polar surface area (TPSA) is 121 Å². The van der Waals surface area contributed by atoms with Crippen LogP contribution in [0.2, 0.25) is 0 Å². The lowest BCUT2D eigenvalue weighted by Gasteiger charge is -2.39. The number of hydrogen-bond donors (Lipinski definition) is 1. The minimum atomic E-state index is -3.78. The van der Waals surface area contributed by atoms with Crippen molar-refractivity contribution in [2.24, 2.45) is 0 Å². The van der Waals surface area contributed by atoms with Crippen LogP contribution in [0.15, 0.2) is 89.8 Å². The molecular formula is C27H25N4O4S. The first kappa shape index (κ1) is 25.1. The Hall–Kier alpha value is -4.00. The molecule has 2 amide bonds. The molecule has 1 aliphatic rings. The van der Waals surface area contributed by atoms with Gasteiger partial charge in [0.1, 0.15) is 0 Å². The van der Waals surface area contributed by atoms with Crippen LogP contribution in [0.3, 0.4) is 0 Å². The predicted octanol–water partition coefficient (Wildman–Crippen LogP) is 2.40. The summed E-state index contributed by atoms with van der Waals surface area (Å²) in [5.41, 5.74) is 2.36. The quantitative estimate of drug-likeness (QED) is 0.356. The van der Waals surface area contributed by atoms with Gasteiger partial charge in [0.15, 0.2) is 0 Å². The molecule has 8 nitrogen and oxygen atoms in total. The van der Waals surface area contributed by atoms with Gasteiger partial charge < -0.3 is 4.90 Å². The zero-order chi connectivity index (χ0) is 25.5. The highest BCUT2D eigenvalue weighted by Gasteiger charge is 2.40. The van der Waals surface area contributed by atoms with E-state index in [1.165, 1.54) is 29.2 Å². The SMILES string of the molecule is N#Cc1ccc(S(=O)(=O)NCCCN2C(=O)C(=O)[N]CC2C(c2ccccc2)c2ccccc2)cc1. The van der Waals surface area contributed by atoms with Gasteiger partial charge in [-0.2, -0.15) is 5.26 Å². The van der Waals surface area contributed by atoms with Crippen molar-refractivity contribution in [1.82, 2.24) is 14.9 Å². The molecule has 0 aromatic heterocycles. The molecule has 0 aliphatic carbocycles. The monoisotopic (exact) mass is 501 g/mol. The summed E-state index contributed by atoms with van der Waals surface area (Å²) >= 11 is 0. The number of carbonyl (C=O) groups is 2. The van der Waals surface area contributed by atoms with Crippen LogP contribution in [0.1, 0.15) is 29.0 Å². The molecule has 1 radical (unpaired) electrons. The van der Waals surface area contributed by atoms with E-state index in [9.17, 15) is 18.0 Å². The number of hydrogen-bond acceptors (Lipinski definition) is 5. The highest BCUT2D eigenvalue weighted by Crippen LogP contribution is 2.32. The van der Waals surface area contributed by atoms with Gasteiger partial charge >= 0.3 is 11.8 Å². The van der Waals surface area contributed by atoms with Crippen LogP contribution in [-0.4, -0.2) is 50.8 Å². The van der Waals surface area contributed by atoms with Crippen molar-refractivity contribution in [1.29, 1.82) is 5.26 Å². The molecule has 1 N–H and O–H groups in total. The number of nitrogens with zero attached hydrogens (tertiary/aromatic N) is 3. The molecule has 0 saturated carbocycles. The average molecular weight is 502 g/mol. The number of carbonyl (C=O) groups excluding carboxylic acids is 2. The van der Waals surface area contributed by atoms with Gasteiger partial charge in [-0.15, -0.1) is 0 Å². The summed E-state index contributed by atoms with van der Waals surface area (Å²) in [6.45, 7) is 0.429. The number of sulfonamides is 1. The molecule has 1 aliphatic heterocycles. The Morgan fingerprint density at radius 1 is 0.944 bits per heavy atom. The van der Waals surface area contributed by atoms with Gasteiger partial charge in [-0.25, -0.2) is 18.5 Å². The number of nitrogens with one attached hydrogen (secondary N) is 1. The normalized spacial score (nSPS) is 16.0. The Labute approximate surface area is 210 Å². The summed E-state index contributed by atoms with van der Waals surface area (Å²) in [6, 6.07) is 26.7. The first-order chi connectivity index (χ1) is 17.4. The first-order valence-electron chi connectivity index (χ1n) is 11.5. The van der Waals surface area contributed by atoms with Gasteiger partial charge in [0.2, 0.25) is 10.0 Å². The Morgan fingerprint density at radius 3 is 2.08 bits per heavy atom. The highest BCUT2D eigenvalue weighted by molar-refractivity contribution is 7.89. The zero-order valence-corrected chi connectivity index (χ0v) is 20.3. The largest absolute Gasteiger partial charge is 0.330 e. The molecule has 9 heteroatoms. The third-order valence-corrected chi connectivity index (χ3v) is 7.61. The van der Waals surface area contributed by atoms with Crippen molar-refractivity contribution in [3.8, 4) is 6.07 Å². The van der Waals surface area contributed by atoms with Gasteiger partial charge in [0.25, 0.3) is 0 Å². The van der Waals surface area contributed by atoms with Gasteiger partial charge in [-0.1, -0.05) is 60.7 Å². The van der Waals surface area contributed by atoms with Crippen molar-refractivity contribution in [2.45, 2.75) is 23.3 Å². The molecule has 4 rings (SSSR count). The number of benzene rings is 3. The van der Waals surface area contributed by atoms with Crippen molar-refractivity contribution in [3.63, 3.8) is 0 Å². The second-order valence-corrected chi connectivity index (χ2v) is 10.2. The van der Waals surface area contributed by atoms with Crippen molar-refractivity contribution in [2.75, 3.05) is 19.6 Å². The van der Waals surface area contributed by atoms with Gasteiger partial charge in [-0.05, 0) is 41.8 Å². The van der Waals surface area contributed by atoms with Crippen LogP contribution in [0.4, 0.5) is 0 Å². The lowest BCUT2D eigenvalue weighted by molar-refractivity contribution is -0.151. The molecule has 1 unspecified atom stereocenters. The number of rotatable bonds is 9. The minimum absolute atomic E-state index is 0.0515.